The van der Waals surface area contributed by atoms with Gasteiger partial charge in [0, 0.05) is 57.0 Å². The minimum atomic E-state index is 0.107. The lowest BCUT2D eigenvalue weighted by Gasteiger charge is -2.36. The molecule has 0 saturated carbocycles. The van der Waals surface area contributed by atoms with Crippen molar-refractivity contribution in [1.29, 1.82) is 0 Å². The molecule has 1 aromatic carbocycles. The van der Waals surface area contributed by atoms with Gasteiger partial charge in [-0.05, 0) is 37.7 Å². The van der Waals surface area contributed by atoms with Gasteiger partial charge in [-0.3, -0.25) is 14.6 Å². The van der Waals surface area contributed by atoms with Gasteiger partial charge in [0.05, 0.1) is 13.7 Å². The van der Waals surface area contributed by atoms with Crippen molar-refractivity contribution in [3.05, 3.63) is 29.8 Å². The smallest absolute Gasteiger partial charge is 0.234 e. The van der Waals surface area contributed by atoms with Crippen LogP contribution in [0.25, 0.3) is 0 Å². The fourth-order valence-corrected chi connectivity index (χ4v) is 5.04. The molecule has 0 radical (unpaired) electrons. The number of fused-ring (bicyclic) bond motifs is 4. The van der Waals surface area contributed by atoms with E-state index in [9.17, 15) is 4.79 Å². The van der Waals surface area contributed by atoms with Crippen molar-refractivity contribution in [3.63, 3.8) is 0 Å². The number of rotatable bonds is 6. The monoisotopic (exact) mass is 387 g/mol. The summed E-state index contributed by atoms with van der Waals surface area (Å²) in [6.07, 6.45) is 4.81. The molecule has 0 aromatic heterocycles. The zero-order chi connectivity index (χ0) is 19.3. The second-order valence-corrected chi connectivity index (χ2v) is 8.41. The van der Waals surface area contributed by atoms with Crippen LogP contribution in [0.3, 0.4) is 0 Å². The van der Waals surface area contributed by atoms with Crippen molar-refractivity contribution in [2.24, 2.45) is 5.92 Å². The van der Waals surface area contributed by atoms with Crippen molar-refractivity contribution in [1.82, 2.24) is 15.1 Å². The van der Waals surface area contributed by atoms with E-state index in [1.807, 2.05) is 24.3 Å². The Labute approximate surface area is 168 Å². The molecule has 2 bridgehead atoms. The molecule has 6 nitrogen and oxygen atoms in total. The third kappa shape index (κ3) is 4.67. The normalized spacial score (nSPS) is 26.8. The standard InChI is InChI=1S/C22H33N3O3/c1-27-21-5-3-2-4-18(21)12-23-22(26)16-25-14-17-6-7-20(25)15-24(13-17)19-8-10-28-11-9-19/h2-5,17,19-20H,6-16H2,1H3,(H,23,26)/t17-,20+/m0/s1. The average Bonchev–Trinajstić information content (AvgIpc) is 3.05. The van der Waals surface area contributed by atoms with E-state index >= 15 is 0 Å². The molecular weight excluding hydrogens is 354 g/mol. The molecular formula is C22H33N3O3. The molecule has 154 valence electrons. The number of carbonyl (C=O) groups is 1. The average molecular weight is 388 g/mol. The molecule has 4 aliphatic heterocycles. The fourth-order valence-electron chi connectivity index (χ4n) is 5.04. The number of para-hydroxylation sites is 1. The highest BCUT2D eigenvalue weighted by Gasteiger charge is 2.37. The van der Waals surface area contributed by atoms with Crippen LogP contribution in [0.5, 0.6) is 5.75 Å². The Hall–Kier alpha value is -1.63. The van der Waals surface area contributed by atoms with Gasteiger partial charge in [-0.15, -0.1) is 0 Å². The fraction of sp³-hybridized carbons (Fsp3) is 0.682. The summed E-state index contributed by atoms with van der Waals surface area (Å²) >= 11 is 0. The Bertz CT molecular complexity index is 662. The highest BCUT2D eigenvalue weighted by Crippen LogP contribution is 2.30. The quantitative estimate of drug-likeness (QED) is 0.808. The van der Waals surface area contributed by atoms with Crippen LogP contribution in [0.1, 0.15) is 31.2 Å². The Morgan fingerprint density at radius 3 is 2.75 bits per heavy atom. The van der Waals surface area contributed by atoms with Gasteiger partial charge in [0.25, 0.3) is 0 Å². The van der Waals surface area contributed by atoms with Crippen molar-refractivity contribution in [2.45, 2.75) is 44.3 Å². The molecule has 4 saturated heterocycles. The lowest BCUT2D eigenvalue weighted by molar-refractivity contribution is -0.123. The summed E-state index contributed by atoms with van der Waals surface area (Å²) in [5, 5.41) is 3.08. The summed E-state index contributed by atoms with van der Waals surface area (Å²) in [4.78, 5) is 17.7. The first-order valence-corrected chi connectivity index (χ1v) is 10.7. The number of carbonyl (C=O) groups excluding carboxylic acids is 1. The first-order chi connectivity index (χ1) is 13.7. The zero-order valence-electron chi connectivity index (χ0n) is 16.9. The lowest BCUT2D eigenvalue weighted by atomic mass is 9.95. The number of methoxy groups -OCH3 is 1. The van der Waals surface area contributed by atoms with Crippen molar-refractivity contribution >= 4 is 5.91 Å². The summed E-state index contributed by atoms with van der Waals surface area (Å²) < 4.78 is 10.9. The molecule has 5 rings (SSSR count). The summed E-state index contributed by atoms with van der Waals surface area (Å²) in [5.74, 6) is 1.61. The minimum absolute atomic E-state index is 0.107. The van der Waals surface area contributed by atoms with Crippen molar-refractivity contribution in [3.8, 4) is 5.75 Å². The van der Waals surface area contributed by atoms with Crippen LogP contribution < -0.4 is 10.1 Å². The number of piperidine rings is 1. The van der Waals surface area contributed by atoms with Crippen LogP contribution in [0, 0.1) is 5.92 Å². The molecule has 4 fully saturated rings. The maximum atomic E-state index is 12.6. The molecule has 1 aromatic rings. The maximum Gasteiger partial charge on any atom is 0.234 e. The predicted octanol–water partition coefficient (Wildman–Crippen LogP) is 1.89. The minimum Gasteiger partial charge on any atom is -0.496 e. The number of benzene rings is 1. The van der Waals surface area contributed by atoms with Crippen LogP contribution in [-0.4, -0.2) is 74.3 Å². The van der Waals surface area contributed by atoms with E-state index < -0.39 is 0 Å². The SMILES string of the molecule is COc1ccccc1CNC(=O)CN1C[C@H]2CC[C@@H]1CN(C1CCOCC1)C2. The summed E-state index contributed by atoms with van der Waals surface area (Å²) in [7, 11) is 1.67. The molecule has 28 heavy (non-hydrogen) atoms. The summed E-state index contributed by atoms with van der Waals surface area (Å²) in [6, 6.07) is 9.01. The highest BCUT2D eigenvalue weighted by molar-refractivity contribution is 5.78. The van der Waals surface area contributed by atoms with Crippen LogP contribution in [0.4, 0.5) is 0 Å². The number of nitrogens with one attached hydrogen (secondary N) is 1. The molecule has 1 amide bonds. The molecule has 4 aliphatic rings. The Kier molecular flexibility index (Phi) is 6.50. The van der Waals surface area contributed by atoms with Crippen LogP contribution in [-0.2, 0) is 16.1 Å². The Morgan fingerprint density at radius 2 is 1.93 bits per heavy atom. The van der Waals surface area contributed by atoms with Gasteiger partial charge < -0.3 is 14.8 Å². The predicted molar refractivity (Wildman–Crippen MR) is 108 cm³/mol. The molecule has 0 spiro atoms. The first kappa shape index (κ1) is 19.7. The Balaban J connectivity index is 1.31. The summed E-state index contributed by atoms with van der Waals surface area (Å²) in [5.41, 5.74) is 1.02. The van der Waals surface area contributed by atoms with E-state index in [2.05, 4.69) is 15.1 Å². The third-order valence-corrected chi connectivity index (χ3v) is 6.58. The molecule has 2 atom stereocenters. The largest absolute Gasteiger partial charge is 0.496 e. The van der Waals surface area contributed by atoms with Crippen molar-refractivity contribution in [2.75, 3.05) is 46.5 Å². The topological polar surface area (TPSA) is 54.0 Å². The van der Waals surface area contributed by atoms with E-state index in [0.29, 0.717) is 31.1 Å². The number of nitrogens with zero attached hydrogens (tertiary/aromatic N) is 2. The van der Waals surface area contributed by atoms with Gasteiger partial charge in [-0.1, -0.05) is 18.2 Å². The second kappa shape index (κ2) is 9.25. The van der Waals surface area contributed by atoms with Crippen LogP contribution >= 0.6 is 0 Å². The van der Waals surface area contributed by atoms with Gasteiger partial charge in [-0.2, -0.15) is 0 Å². The van der Waals surface area contributed by atoms with Gasteiger partial charge in [-0.25, -0.2) is 0 Å². The second-order valence-electron chi connectivity index (χ2n) is 8.41. The maximum absolute atomic E-state index is 12.6. The first-order valence-electron chi connectivity index (χ1n) is 10.7. The van der Waals surface area contributed by atoms with Gasteiger partial charge in [0.1, 0.15) is 5.75 Å². The number of ether oxygens (including phenoxy) is 2. The number of hydrogen-bond acceptors (Lipinski definition) is 5. The third-order valence-electron chi connectivity index (χ3n) is 6.58. The van der Waals surface area contributed by atoms with Crippen LogP contribution in [0.2, 0.25) is 0 Å². The van der Waals surface area contributed by atoms with E-state index in [4.69, 9.17) is 9.47 Å². The van der Waals surface area contributed by atoms with E-state index in [0.717, 1.165) is 50.5 Å². The number of amides is 1. The highest BCUT2D eigenvalue weighted by atomic mass is 16.5. The number of hydrogen-bond donors (Lipinski definition) is 1. The molecule has 1 N–H and O–H groups in total. The van der Waals surface area contributed by atoms with Gasteiger partial charge >= 0.3 is 0 Å². The van der Waals surface area contributed by atoms with Crippen molar-refractivity contribution < 1.29 is 14.3 Å². The molecule has 4 heterocycles. The summed E-state index contributed by atoms with van der Waals surface area (Å²) in [6.45, 7) is 6.13. The lowest BCUT2D eigenvalue weighted by Crippen LogP contribution is -2.49. The molecule has 0 unspecified atom stereocenters. The van der Waals surface area contributed by atoms with E-state index in [-0.39, 0.29) is 5.91 Å². The Morgan fingerprint density at radius 1 is 1.11 bits per heavy atom. The van der Waals surface area contributed by atoms with E-state index in [1.165, 1.54) is 19.4 Å². The van der Waals surface area contributed by atoms with Gasteiger partial charge in [0.15, 0.2) is 0 Å². The molecule has 6 heteroatoms. The van der Waals surface area contributed by atoms with E-state index in [1.54, 1.807) is 7.11 Å². The van der Waals surface area contributed by atoms with Gasteiger partial charge in [0.2, 0.25) is 5.91 Å². The molecule has 0 aliphatic carbocycles. The van der Waals surface area contributed by atoms with Crippen LogP contribution in [0.15, 0.2) is 24.3 Å². The zero-order valence-corrected chi connectivity index (χ0v) is 16.9.